The van der Waals surface area contributed by atoms with Gasteiger partial charge in [-0.15, -0.1) is 0 Å². The first-order valence-electron chi connectivity index (χ1n) is 34.9. The molecule has 0 aromatic carbocycles. The Hall–Kier alpha value is -1.44. The van der Waals surface area contributed by atoms with Crippen molar-refractivity contribution in [1.82, 2.24) is 0 Å². The monoisotopic (exact) mass is 1090 g/mol. The lowest BCUT2D eigenvalue weighted by Gasteiger charge is -2.26. The van der Waals surface area contributed by atoms with Gasteiger partial charge in [0.05, 0.1) is 26.4 Å². The van der Waals surface area contributed by atoms with E-state index in [1.807, 2.05) is 0 Å². The average Bonchev–Trinajstić information content (AvgIpc) is 3.43. The Morgan fingerprint density at radius 1 is 0.234 bits per heavy atom. The van der Waals surface area contributed by atoms with Crippen molar-refractivity contribution in [2.24, 2.45) is 0 Å². The van der Waals surface area contributed by atoms with Crippen LogP contribution in [0.15, 0.2) is 23.0 Å². The standard InChI is InChI=1S/C70H138O7/c1-9-17-23-29-35-37-39-41-43-49-57-67(72-59-51-45-31-25-19-11-3)69(74-61-53-47-33-27-21-13-5)65(55-15-7)76-63-71-64-77-66(56-16-8)70(75-62-54-48-34-28-22-14-6)68(73-60-52-46-32-26-20-12-4)58-50-44-42-40-38-36-30-24-18-10-2/h65-66H,9-64H2,1-8H3. The molecule has 0 N–H and O–H groups in total. The lowest BCUT2D eigenvalue weighted by Crippen LogP contribution is -2.25. The molecule has 0 aromatic heterocycles. The van der Waals surface area contributed by atoms with E-state index < -0.39 is 0 Å². The largest absolute Gasteiger partial charge is 0.494 e. The minimum absolute atomic E-state index is 0.133. The highest BCUT2D eigenvalue weighted by Gasteiger charge is 2.25. The molecule has 77 heavy (non-hydrogen) atoms. The Morgan fingerprint density at radius 2 is 0.455 bits per heavy atom. The molecule has 0 aliphatic rings. The normalized spacial score (nSPS) is 13.2. The summed E-state index contributed by atoms with van der Waals surface area (Å²) in [4.78, 5) is 0. The van der Waals surface area contributed by atoms with Gasteiger partial charge in [0.1, 0.15) is 23.7 Å². The third-order valence-corrected chi connectivity index (χ3v) is 15.5. The third kappa shape index (κ3) is 50.1. The van der Waals surface area contributed by atoms with E-state index in [9.17, 15) is 0 Å². The van der Waals surface area contributed by atoms with Gasteiger partial charge in [0.25, 0.3) is 0 Å². The summed E-state index contributed by atoms with van der Waals surface area (Å²) >= 11 is 0. The molecule has 0 bridgehead atoms. The molecule has 0 aliphatic heterocycles. The first-order chi connectivity index (χ1) is 38.1. The van der Waals surface area contributed by atoms with Crippen molar-refractivity contribution in [2.75, 3.05) is 40.0 Å². The second kappa shape index (κ2) is 63.7. The predicted octanol–water partition coefficient (Wildman–Crippen LogP) is 23.8. The van der Waals surface area contributed by atoms with Crippen LogP contribution in [-0.2, 0) is 33.2 Å². The molecule has 0 saturated carbocycles. The number of hydrogen-bond acceptors (Lipinski definition) is 7. The van der Waals surface area contributed by atoms with Gasteiger partial charge in [0.2, 0.25) is 0 Å². The summed E-state index contributed by atoms with van der Waals surface area (Å²) in [6, 6.07) is 0. The van der Waals surface area contributed by atoms with Crippen LogP contribution in [0, 0.1) is 0 Å². The molecule has 0 heterocycles. The SMILES string of the molecule is CCCCCCCCCCCCC(OCCCCCCCC)=C(OCCCCCCCC)C(CCC)OCOCOC(CCC)C(OCCCCCCCC)=C(CCCCCCCCCCCC)OCCCCCCCC. The van der Waals surface area contributed by atoms with E-state index in [0.29, 0.717) is 13.2 Å². The number of unbranched alkanes of at least 4 members (excludes halogenated alkanes) is 38. The maximum absolute atomic E-state index is 6.89. The quantitative estimate of drug-likeness (QED) is 0.0342. The van der Waals surface area contributed by atoms with Crippen molar-refractivity contribution < 1.29 is 33.2 Å². The molecule has 0 aliphatic carbocycles. The van der Waals surface area contributed by atoms with Crippen LogP contribution in [-0.4, -0.2) is 52.2 Å². The molecule has 460 valence electrons. The molecule has 0 rings (SSSR count). The van der Waals surface area contributed by atoms with Crippen LogP contribution < -0.4 is 0 Å². The summed E-state index contributed by atoms with van der Waals surface area (Å²) in [5.74, 6) is 3.89. The van der Waals surface area contributed by atoms with Gasteiger partial charge in [0.15, 0.2) is 25.1 Å². The van der Waals surface area contributed by atoms with Crippen LogP contribution in [0.4, 0.5) is 0 Å². The summed E-state index contributed by atoms with van der Waals surface area (Å²) in [6.45, 7) is 21.4. The lowest BCUT2D eigenvalue weighted by atomic mass is 10.0. The molecule has 0 aromatic rings. The molecule has 0 saturated heterocycles. The summed E-state index contributed by atoms with van der Waals surface area (Å²) in [5.41, 5.74) is 0. The molecular formula is C70H138O7. The van der Waals surface area contributed by atoms with Gasteiger partial charge in [0, 0.05) is 12.8 Å². The predicted molar refractivity (Wildman–Crippen MR) is 335 cm³/mol. The maximum atomic E-state index is 6.89. The van der Waals surface area contributed by atoms with E-state index in [1.165, 1.54) is 244 Å². The lowest BCUT2D eigenvalue weighted by molar-refractivity contribution is -0.167. The van der Waals surface area contributed by atoms with E-state index >= 15 is 0 Å². The smallest absolute Gasteiger partial charge is 0.162 e. The minimum Gasteiger partial charge on any atom is -0.494 e. The number of hydrogen-bond donors (Lipinski definition) is 0. The van der Waals surface area contributed by atoms with Gasteiger partial charge in [-0.1, -0.05) is 312 Å². The van der Waals surface area contributed by atoms with E-state index in [2.05, 4.69) is 55.4 Å². The van der Waals surface area contributed by atoms with E-state index in [4.69, 9.17) is 33.2 Å². The molecule has 7 heteroatoms. The Labute approximate surface area is 482 Å². The third-order valence-electron chi connectivity index (χ3n) is 15.5. The van der Waals surface area contributed by atoms with Gasteiger partial charge < -0.3 is 33.2 Å². The summed E-state index contributed by atoms with van der Waals surface area (Å²) < 4.78 is 47.3. The summed E-state index contributed by atoms with van der Waals surface area (Å²) in [7, 11) is 0. The highest BCUT2D eigenvalue weighted by Crippen LogP contribution is 2.28. The van der Waals surface area contributed by atoms with Crippen molar-refractivity contribution >= 4 is 0 Å². The topological polar surface area (TPSA) is 64.6 Å². The van der Waals surface area contributed by atoms with E-state index in [1.54, 1.807) is 0 Å². The number of ether oxygens (including phenoxy) is 7. The van der Waals surface area contributed by atoms with Crippen molar-refractivity contribution in [1.29, 1.82) is 0 Å². The Balaban J connectivity index is 6.45. The molecule has 0 amide bonds. The van der Waals surface area contributed by atoms with Gasteiger partial charge in [-0.25, -0.2) is 0 Å². The zero-order chi connectivity index (χ0) is 56.0. The van der Waals surface area contributed by atoms with Crippen LogP contribution in [0.3, 0.4) is 0 Å². The highest BCUT2D eigenvalue weighted by molar-refractivity contribution is 5.09. The van der Waals surface area contributed by atoms with Gasteiger partial charge >= 0.3 is 0 Å². The average molecular weight is 1090 g/mol. The molecule has 2 atom stereocenters. The molecule has 2 unspecified atom stereocenters. The summed E-state index contributed by atoms with van der Waals surface area (Å²) in [5, 5.41) is 0. The fourth-order valence-corrected chi connectivity index (χ4v) is 10.5. The summed E-state index contributed by atoms with van der Waals surface area (Å²) in [6.07, 6.45) is 61.2. The van der Waals surface area contributed by atoms with Gasteiger partial charge in [-0.3, -0.25) is 0 Å². The zero-order valence-corrected chi connectivity index (χ0v) is 53.6. The van der Waals surface area contributed by atoms with Crippen molar-refractivity contribution in [3.8, 4) is 0 Å². The van der Waals surface area contributed by atoms with Crippen LogP contribution in [0.1, 0.15) is 376 Å². The molecule has 0 radical (unpaired) electrons. The van der Waals surface area contributed by atoms with Crippen molar-refractivity contribution in [2.45, 2.75) is 389 Å². The Kier molecular flexibility index (Phi) is 62.5. The van der Waals surface area contributed by atoms with Crippen molar-refractivity contribution in [3.63, 3.8) is 0 Å². The van der Waals surface area contributed by atoms with E-state index in [0.717, 1.165) is 113 Å². The number of allylic oxidation sites excluding steroid dienone is 2. The second-order valence-electron chi connectivity index (χ2n) is 23.2. The van der Waals surface area contributed by atoms with Gasteiger partial charge in [-0.05, 0) is 51.4 Å². The first kappa shape index (κ1) is 75.6. The Bertz CT molecular complexity index is 1110. The minimum atomic E-state index is -0.228. The second-order valence-corrected chi connectivity index (χ2v) is 23.2. The first-order valence-corrected chi connectivity index (χ1v) is 34.9. The Morgan fingerprint density at radius 3 is 0.701 bits per heavy atom. The fraction of sp³-hybridized carbons (Fsp3) is 0.943. The fourth-order valence-electron chi connectivity index (χ4n) is 10.5. The molecule has 0 fully saturated rings. The van der Waals surface area contributed by atoms with Crippen LogP contribution in [0.2, 0.25) is 0 Å². The molecule has 7 nitrogen and oxygen atoms in total. The van der Waals surface area contributed by atoms with Crippen molar-refractivity contribution in [3.05, 3.63) is 23.0 Å². The highest BCUT2D eigenvalue weighted by atomic mass is 16.7. The maximum Gasteiger partial charge on any atom is 0.162 e. The number of rotatable bonds is 66. The molecule has 0 spiro atoms. The van der Waals surface area contributed by atoms with Crippen LogP contribution >= 0.6 is 0 Å². The zero-order valence-electron chi connectivity index (χ0n) is 53.6. The molecular weight excluding hydrogens is 953 g/mol. The van der Waals surface area contributed by atoms with Gasteiger partial charge in [-0.2, -0.15) is 0 Å². The van der Waals surface area contributed by atoms with Crippen LogP contribution in [0.5, 0.6) is 0 Å². The van der Waals surface area contributed by atoms with E-state index in [-0.39, 0.29) is 25.8 Å². The van der Waals surface area contributed by atoms with Crippen LogP contribution in [0.25, 0.3) is 0 Å².